The smallest absolute Gasteiger partial charge is 0.137 e. The van der Waals surface area contributed by atoms with E-state index in [0.29, 0.717) is 0 Å². The Hall–Kier alpha value is -7.94. The lowest BCUT2D eigenvalue weighted by atomic mass is 9.65. The van der Waals surface area contributed by atoms with Crippen LogP contribution in [0.3, 0.4) is 0 Å². The standard InChI is InChI=1S/C59H37NO/c1-2-16-38(17-3-1)43-20-10-14-28-56(43)60(42-30-32-49-48-25-11-15-29-57(48)61-58(49)37-42)41-31-33-54-51(36-41)45-22-7-6-21-44(45)46-23-8-12-26-52(46)59(54)53-27-13-9-24-47(53)50-34-39-18-4-5-19-40(39)35-55(50)59/h1-37H. The van der Waals surface area contributed by atoms with E-state index in [1.54, 1.807) is 0 Å². The molecular weight excluding hydrogens is 739 g/mol. The van der Waals surface area contributed by atoms with Gasteiger partial charge in [-0.25, -0.2) is 0 Å². The van der Waals surface area contributed by atoms with Crippen molar-refractivity contribution in [2.24, 2.45) is 0 Å². The lowest BCUT2D eigenvalue weighted by Crippen LogP contribution is -2.29. The van der Waals surface area contributed by atoms with Crippen LogP contribution in [0.5, 0.6) is 0 Å². The van der Waals surface area contributed by atoms with E-state index in [1.807, 2.05) is 6.07 Å². The second-order valence-electron chi connectivity index (χ2n) is 16.4. The molecule has 0 bridgehead atoms. The summed E-state index contributed by atoms with van der Waals surface area (Å²) in [5.74, 6) is 0. The molecule has 2 aliphatic rings. The van der Waals surface area contributed by atoms with Crippen molar-refractivity contribution in [2.45, 2.75) is 5.41 Å². The number of nitrogens with zero attached hydrogens (tertiary/aromatic N) is 1. The monoisotopic (exact) mass is 775 g/mol. The Morgan fingerprint density at radius 3 is 1.62 bits per heavy atom. The number of benzene rings is 10. The number of para-hydroxylation sites is 2. The highest BCUT2D eigenvalue weighted by atomic mass is 16.3. The first kappa shape index (κ1) is 34.0. The number of hydrogen-bond donors (Lipinski definition) is 0. The first-order valence-electron chi connectivity index (χ1n) is 21.1. The number of hydrogen-bond acceptors (Lipinski definition) is 2. The summed E-state index contributed by atoms with van der Waals surface area (Å²) in [5, 5.41) is 4.73. The normalized spacial score (nSPS) is 14.6. The summed E-state index contributed by atoms with van der Waals surface area (Å²) in [6.07, 6.45) is 0. The van der Waals surface area contributed by atoms with Crippen molar-refractivity contribution in [1.82, 2.24) is 0 Å². The van der Waals surface area contributed by atoms with Crippen LogP contribution in [0.15, 0.2) is 229 Å². The Morgan fingerprint density at radius 2 is 0.836 bits per heavy atom. The van der Waals surface area contributed by atoms with Crippen LogP contribution in [-0.4, -0.2) is 0 Å². The number of rotatable bonds is 4. The highest BCUT2D eigenvalue weighted by molar-refractivity contribution is 6.07. The lowest BCUT2D eigenvalue weighted by molar-refractivity contribution is 0.669. The maximum absolute atomic E-state index is 6.55. The Morgan fingerprint density at radius 1 is 0.311 bits per heavy atom. The summed E-state index contributed by atoms with van der Waals surface area (Å²) >= 11 is 0. The molecule has 2 heteroatoms. The topological polar surface area (TPSA) is 16.4 Å². The minimum absolute atomic E-state index is 0.584. The molecular formula is C59H37NO. The summed E-state index contributed by atoms with van der Waals surface area (Å²) in [6, 6.07) is 82.6. The zero-order valence-corrected chi connectivity index (χ0v) is 33.2. The molecule has 284 valence electrons. The Bertz CT molecular complexity index is 3560. The van der Waals surface area contributed by atoms with Crippen molar-refractivity contribution in [3.05, 3.63) is 247 Å². The summed E-state index contributed by atoms with van der Waals surface area (Å²) < 4.78 is 6.55. The predicted octanol–water partition coefficient (Wildman–Crippen LogP) is 15.9. The minimum atomic E-state index is -0.584. The third-order valence-corrected chi connectivity index (χ3v) is 13.3. The second-order valence-corrected chi connectivity index (χ2v) is 16.4. The molecule has 0 radical (unpaired) electrons. The molecule has 1 heterocycles. The summed E-state index contributed by atoms with van der Waals surface area (Å²) in [4.78, 5) is 2.42. The molecule has 11 aromatic rings. The summed E-state index contributed by atoms with van der Waals surface area (Å²) in [6.45, 7) is 0. The van der Waals surface area contributed by atoms with Gasteiger partial charge in [-0.2, -0.15) is 0 Å². The fourth-order valence-corrected chi connectivity index (χ4v) is 10.7. The Kier molecular flexibility index (Phi) is 7.26. The largest absolute Gasteiger partial charge is 0.456 e. The zero-order valence-electron chi connectivity index (χ0n) is 33.2. The maximum atomic E-state index is 6.55. The Labute approximate surface area is 354 Å². The fraction of sp³-hybridized carbons (Fsp3) is 0.0169. The van der Waals surface area contributed by atoms with Gasteiger partial charge in [0.2, 0.25) is 0 Å². The first-order chi connectivity index (χ1) is 30.3. The van der Waals surface area contributed by atoms with Crippen molar-refractivity contribution >= 4 is 49.8 Å². The SMILES string of the molecule is c1ccc(-c2ccccc2N(c2ccc3c(c2)-c2ccccc2-c2ccccc2C32c3ccccc3-c3cc4ccccc4cc32)c2ccc3c(c2)oc2ccccc23)cc1. The molecule has 0 amide bonds. The average molecular weight is 776 g/mol. The van der Waals surface area contributed by atoms with E-state index in [0.717, 1.165) is 50.1 Å². The van der Waals surface area contributed by atoms with Gasteiger partial charge in [-0.05, 0) is 121 Å². The molecule has 0 N–H and O–H groups in total. The highest BCUT2D eigenvalue weighted by Gasteiger charge is 2.50. The molecule has 0 fully saturated rings. The van der Waals surface area contributed by atoms with Crippen LogP contribution in [0.4, 0.5) is 17.1 Å². The van der Waals surface area contributed by atoms with Crippen molar-refractivity contribution in [1.29, 1.82) is 0 Å². The van der Waals surface area contributed by atoms with E-state index >= 15 is 0 Å². The fourth-order valence-electron chi connectivity index (χ4n) is 10.7. The minimum Gasteiger partial charge on any atom is -0.456 e. The van der Waals surface area contributed by atoms with Gasteiger partial charge in [0.05, 0.1) is 11.1 Å². The van der Waals surface area contributed by atoms with E-state index < -0.39 is 5.41 Å². The molecule has 2 aliphatic carbocycles. The average Bonchev–Trinajstić information content (AvgIpc) is 3.81. The van der Waals surface area contributed by atoms with Gasteiger partial charge in [0.25, 0.3) is 0 Å². The van der Waals surface area contributed by atoms with E-state index in [-0.39, 0.29) is 0 Å². The van der Waals surface area contributed by atoms with Gasteiger partial charge in [0.15, 0.2) is 0 Å². The molecule has 1 unspecified atom stereocenters. The molecule has 13 rings (SSSR count). The maximum Gasteiger partial charge on any atom is 0.137 e. The van der Waals surface area contributed by atoms with Crippen LogP contribution in [0.1, 0.15) is 22.3 Å². The van der Waals surface area contributed by atoms with Crippen LogP contribution in [0.2, 0.25) is 0 Å². The van der Waals surface area contributed by atoms with Gasteiger partial charge in [-0.1, -0.05) is 170 Å². The van der Waals surface area contributed by atoms with Crippen molar-refractivity contribution in [3.8, 4) is 44.5 Å². The van der Waals surface area contributed by atoms with Crippen LogP contribution in [0.25, 0.3) is 77.2 Å². The Balaban J connectivity index is 1.14. The van der Waals surface area contributed by atoms with Gasteiger partial charge >= 0.3 is 0 Å². The number of anilines is 3. The van der Waals surface area contributed by atoms with E-state index in [9.17, 15) is 0 Å². The highest BCUT2D eigenvalue weighted by Crippen LogP contribution is 2.62. The third-order valence-electron chi connectivity index (χ3n) is 13.3. The molecule has 61 heavy (non-hydrogen) atoms. The molecule has 1 atom stereocenters. The third kappa shape index (κ3) is 4.85. The van der Waals surface area contributed by atoms with Crippen LogP contribution in [0, 0.1) is 0 Å². The van der Waals surface area contributed by atoms with Crippen LogP contribution >= 0.6 is 0 Å². The molecule has 1 aromatic heterocycles. The van der Waals surface area contributed by atoms with Crippen molar-refractivity contribution in [3.63, 3.8) is 0 Å². The number of furan rings is 1. The second kappa shape index (κ2) is 13.0. The molecule has 2 nitrogen and oxygen atoms in total. The van der Waals surface area contributed by atoms with Crippen molar-refractivity contribution in [2.75, 3.05) is 4.90 Å². The molecule has 0 saturated carbocycles. The molecule has 0 aliphatic heterocycles. The molecule has 1 spiro atoms. The lowest BCUT2D eigenvalue weighted by Gasteiger charge is -2.36. The molecule has 10 aromatic carbocycles. The van der Waals surface area contributed by atoms with Crippen LogP contribution < -0.4 is 4.90 Å². The van der Waals surface area contributed by atoms with Gasteiger partial charge in [-0.15, -0.1) is 0 Å². The van der Waals surface area contributed by atoms with Crippen molar-refractivity contribution < 1.29 is 4.42 Å². The first-order valence-corrected chi connectivity index (χ1v) is 21.1. The zero-order chi connectivity index (χ0) is 40.1. The van der Waals surface area contributed by atoms with Gasteiger partial charge in [0, 0.05) is 33.8 Å². The number of fused-ring (bicyclic) bond motifs is 16. The summed E-state index contributed by atoms with van der Waals surface area (Å²) in [5.41, 5.74) is 19.4. The summed E-state index contributed by atoms with van der Waals surface area (Å²) in [7, 11) is 0. The predicted molar refractivity (Wildman–Crippen MR) is 253 cm³/mol. The van der Waals surface area contributed by atoms with E-state index in [2.05, 4.69) is 223 Å². The quantitative estimate of drug-likeness (QED) is 0.177. The molecule has 0 saturated heterocycles. The van der Waals surface area contributed by atoms with Crippen LogP contribution in [-0.2, 0) is 5.41 Å². The van der Waals surface area contributed by atoms with E-state index in [4.69, 9.17) is 4.42 Å². The van der Waals surface area contributed by atoms with E-state index in [1.165, 1.54) is 66.4 Å². The van der Waals surface area contributed by atoms with Gasteiger partial charge in [-0.3, -0.25) is 0 Å². The van der Waals surface area contributed by atoms with Gasteiger partial charge < -0.3 is 9.32 Å². The van der Waals surface area contributed by atoms with Gasteiger partial charge in [0.1, 0.15) is 11.2 Å².